The van der Waals surface area contributed by atoms with E-state index in [0.717, 1.165) is 24.2 Å². The topological polar surface area (TPSA) is 60.0 Å². The van der Waals surface area contributed by atoms with E-state index in [1.54, 1.807) is 0 Å². The highest BCUT2D eigenvalue weighted by molar-refractivity contribution is 5.30. The van der Waals surface area contributed by atoms with Crippen molar-refractivity contribution in [2.45, 2.75) is 32.9 Å². The van der Waals surface area contributed by atoms with Gasteiger partial charge in [-0.3, -0.25) is 4.90 Å². The Morgan fingerprint density at radius 3 is 2.70 bits per heavy atom. The molecule has 3 rings (SSSR count). The van der Waals surface area contributed by atoms with E-state index in [1.165, 1.54) is 0 Å². The Balaban J connectivity index is 1.68. The normalized spacial score (nSPS) is 12.7. The Morgan fingerprint density at radius 1 is 1.22 bits per heavy atom. The van der Waals surface area contributed by atoms with Crippen LogP contribution >= 0.6 is 0 Å². The molecule has 0 unspecified atom stereocenters. The van der Waals surface area contributed by atoms with Gasteiger partial charge in [0.15, 0.2) is 0 Å². The Kier molecular flexibility index (Phi) is 4.52. The summed E-state index contributed by atoms with van der Waals surface area (Å²) in [7, 11) is 2.04. The molecule has 2 aromatic heterocycles. The predicted octanol–water partition coefficient (Wildman–Crippen LogP) is 3.01. The summed E-state index contributed by atoms with van der Waals surface area (Å²) in [5.74, 6) is 1.33. The highest BCUT2D eigenvalue weighted by Crippen LogP contribution is 2.20. The molecule has 6 nitrogen and oxygen atoms in total. The van der Waals surface area contributed by atoms with Crippen LogP contribution in [0.5, 0.6) is 0 Å². The summed E-state index contributed by atoms with van der Waals surface area (Å²) in [5.41, 5.74) is 2.19. The summed E-state index contributed by atoms with van der Waals surface area (Å²) in [6.45, 7) is 4.83. The summed E-state index contributed by atoms with van der Waals surface area (Å²) in [4.78, 5) is 2.17. The maximum Gasteiger partial charge on any atom is 0.233 e. The monoisotopic (exact) mass is 311 g/mol. The minimum Gasteiger partial charge on any atom is -0.424 e. The SMILES string of the molecule is CCc1nnc([C@H](C)N(C)Cc2cnn(-c3ccccc3)c2)o1. The van der Waals surface area contributed by atoms with Gasteiger partial charge in [0.05, 0.1) is 17.9 Å². The van der Waals surface area contributed by atoms with Gasteiger partial charge >= 0.3 is 0 Å². The number of aryl methyl sites for hydroxylation is 1. The fourth-order valence-electron chi connectivity index (χ4n) is 2.36. The van der Waals surface area contributed by atoms with Crippen LogP contribution in [-0.4, -0.2) is 31.9 Å². The molecular formula is C17H21N5O. The lowest BCUT2D eigenvalue weighted by atomic mass is 10.2. The molecule has 0 aliphatic heterocycles. The number of hydrogen-bond acceptors (Lipinski definition) is 5. The Labute approximate surface area is 135 Å². The molecule has 3 aromatic rings. The summed E-state index contributed by atoms with van der Waals surface area (Å²) in [6.07, 6.45) is 4.69. The van der Waals surface area contributed by atoms with Gasteiger partial charge in [0.2, 0.25) is 11.8 Å². The van der Waals surface area contributed by atoms with Crippen LogP contribution in [0.1, 0.15) is 37.2 Å². The van der Waals surface area contributed by atoms with E-state index in [0.29, 0.717) is 11.8 Å². The Bertz CT molecular complexity index is 749. The number of benzene rings is 1. The van der Waals surface area contributed by atoms with Gasteiger partial charge in [-0.25, -0.2) is 4.68 Å². The third-order valence-electron chi connectivity index (χ3n) is 3.89. The molecule has 2 heterocycles. The first-order chi connectivity index (χ1) is 11.2. The maximum atomic E-state index is 5.64. The fourth-order valence-corrected chi connectivity index (χ4v) is 2.36. The van der Waals surface area contributed by atoms with Crippen molar-refractivity contribution in [1.29, 1.82) is 0 Å². The van der Waals surface area contributed by atoms with Crippen LogP contribution < -0.4 is 0 Å². The molecule has 1 atom stereocenters. The van der Waals surface area contributed by atoms with Crippen LogP contribution in [-0.2, 0) is 13.0 Å². The van der Waals surface area contributed by atoms with E-state index in [-0.39, 0.29) is 6.04 Å². The van der Waals surface area contributed by atoms with E-state index < -0.39 is 0 Å². The van der Waals surface area contributed by atoms with Gasteiger partial charge in [-0.05, 0) is 26.1 Å². The number of aromatic nitrogens is 4. The second-order valence-electron chi connectivity index (χ2n) is 5.61. The van der Waals surface area contributed by atoms with Gasteiger partial charge in [-0.1, -0.05) is 25.1 Å². The van der Waals surface area contributed by atoms with Gasteiger partial charge in [-0.15, -0.1) is 10.2 Å². The predicted molar refractivity (Wildman–Crippen MR) is 87.1 cm³/mol. The zero-order valence-corrected chi connectivity index (χ0v) is 13.7. The third-order valence-corrected chi connectivity index (χ3v) is 3.89. The van der Waals surface area contributed by atoms with Crippen LogP contribution in [0.2, 0.25) is 0 Å². The standard InChI is InChI=1S/C17H21N5O/c1-4-16-19-20-17(23-16)13(2)21(3)11-14-10-18-22(12-14)15-8-6-5-7-9-15/h5-10,12-13H,4,11H2,1-3H3/t13-/m0/s1. The molecule has 23 heavy (non-hydrogen) atoms. The summed E-state index contributed by atoms with van der Waals surface area (Å²) in [6, 6.07) is 10.1. The number of nitrogens with zero attached hydrogens (tertiary/aromatic N) is 5. The van der Waals surface area contributed by atoms with Crippen molar-refractivity contribution in [1.82, 2.24) is 24.9 Å². The molecule has 6 heteroatoms. The largest absolute Gasteiger partial charge is 0.424 e. The van der Waals surface area contributed by atoms with Crippen molar-refractivity contribution in [3.05, 3.63) is 60.1 Å². The Morgan fingerprint density at radius 2 is 2.00 bits per heavy atom. The molecule has 0 radical (unpaired) electrons. The van der Waals surface area contributed by atoms with E-state index in [1.807, 2.05) is 61.4 Å². The van der Waals surface area contributed by atoms with Crippen LogP contribution in [0.25, 0.3) is 5.69 Å². The molecule has 0 bridgehead atoms. The highest BCUT2D eigenvalue weighted by atomic mass is 16.4. The summed E-state index contributed by atoms with van der Waals surface area (Å²) < 4.78 is 7.53. The van der Waals surface area contributed by atoms with Crippen LogP contribution in [0.4, 0.5) is 0 Å². The van der Waals surface area contributed by atoms with Crippen molar-refractivity contribution in [3.8, 4) is 5.69 Å². The molecule has 0 aliphatic carbocycles. The van der Waals surface area contributed by atoms with Gasteiger partial charge in [0, 0.05) is 24.7 Å². The molecule has 1 aromatic carbocycles. The fraction of sp³-hybridized carbons (Fsp3) is 0.353. The van der Waals surface area contributed by atoms with Gasteiger partial charge < -0.3 is 4.42 Å². The first-order valence-electron chi connectivity index (χ1n) is 7.79. The first-order valence-corrected chi connectivity index (χ1v) is 7.79. The van der Waals surface area contributed by atoms with E-state index in [9.17, 15) is 0 Å². The average molecular weight is 311 g/mol. The highest BCUT2D eigenvalue weighted by Gasteiger charge is 2.18. The molecule has 0 N–H and O–H groups in total. The lowest BCUT2D eigenvalue weighted by molar-refractivity contribution is 0.214. The molecule has 0 fully saturated rings. The third kappa shape index (κ3) is 3.48. The average Bonchev–Trinajstić information content (AvgIpc) is 3.24. The minimum atomic E-state index is 0.0582. The minimum absolute atomic E-state index is 0.0582. The maximum absolute atomic E-state index is 5.64. The molecule has 0 saturated heterocycles. The second-order valence-corrected chi connectivity index (χ2v) is 5.61. The molecular weight excluding hydrogens is 290 g/mol. The zero-order chi connectivity index (χ0) is 16.2. The van der Waals surface area contributed by atoms with E-state index in [2.05, 4.69) is 27.1 Å². The van der Waals surface area contributed by atoms with Crippen molar-refractivity contribution in [2.75, 3.05) is 7.05 Å². The van der Waals surface area contributed by atoms with E-state index >= 15 is 0 Å². The number of rotatable bonds is 6. The van der Waals surface area contributed by atoms with Crippen LogP contribution in [0.15, 0.2) is 47.1 Å². The molecule has 0 spiro atoms. The van der Waals surface area contributed by atoms with E-state index in [4.69, 9.17) is 4.42 Å². The van der Waals surface area contributed by atoms with Crippen LogP contribution in [0, 0.1) is 0 Å². The number of para-hydroxylation sites is 1. The second kappa shape index (κ2) is 6.75. The molecule has 120 valence electrons. The summed E-state index contributed by atoms with van der Waals surface area (Å²) >= 11 is 0. The van der Waals surface area contributed by atoms with Crippen molar-refractivity contribution < 1.29 is 4.42 Å². The Hall–Kier alpha value is -2.47. The van der Waals surface area contributed by atoms with Gasteiger partial charge in [-0.2, -0.15) is 5.10 Å². The van der Waals surface area contributed by atoms with Crippen molar-refractivity contribution in [2.24, 2.45) is 0 Å². The summed E-state index contributed by atoms with van der Waals surface area (Å²) in [5, 5.41) is 12.6. The van der Waals surface area contributed by atoms with Gasteiger partial charge in [0.1, 0.15) is 0 Å². The van der Waals surface area contributed by atoms with Crippen molar-refractivity contribution >= 4 is 0 Å². The lowest BCUT2D eigenvalue weighted by Crippen LogP contribution is -2.22. The molecule has 0 saturated carbocycles. The molecule has 0 amide bonds. The zero-order valence-electron chi connectivity index (χ0n) is 13.7. The smallest absolute Gasteiger partial charge is 0.233 e. The number of hydrogen-bond donors (Lipinski definition) is 0. The van der Waals surface area contributed by atoms with Crippen LogP contribution in [0.3, 0.4) is 0 Å². The lowest BCUT2D eigenvalue weighted by Gasteiger charge is -2.20. The van der Waals surface area contributed by atoms with Crippen molar-refractivity contribution in [3.63, 3.8) is 0 Å². The quantitative estimate of drug-likeness (QED) is 0.700. The molecule has 0 aliphatic rings. The van der Waals surface area contributed by atoms with Gasteiger partial charge in [0.25, 0.3) is 0 Å². The first kappa shape index (κ1) is 15.4.